The van der Waals surface area contributed by atoms with Gasteiger partial charge in [0.15, 0.2) is 0 Å². The molecule has 27 heavy (non-hydrogen) atoms. The topological polar surface area (TPSA) is 68.1 Å². The number of nitrogens with zero attached hydrogens (tertiary/aromatic N) is 2. The standard InChI is InChI=1S/C22H19N3O2/c1-22(2,24-19-12-6-7-13-20(19)25(26)27)15-14-18-11-8-16-23-21(18)17-9-4-3-5-10-17/h3-13,16,24H,1-2H3. The van der Waals surface area contributed by atoms with E-state index in [2.05, 4.69) is 22.1 Å². The number of aromatic nitrogens is 1. The minimum absolute atomic E-state index is 0.0266. The molecular weight excluding hydrogens is 338 g/mol. The average molecular weight is 357 g/mol. The van der Waals surface area contributed by atoms with E-state index < -0.39 is 10.5 Å². The van der Waals surface area contributed by atoms with Crippen LogP contribution in [0.1, 0.15) is 19.4 Å². The monoisotopic (exact) mass is 357 g/mol. The summed E-state index contributed by atoms with van der Waals surface area (Å²) in [6, 6.07) is 20.2. The van der Waals surface area contributed by atoms with Crippen LogP contribution >= 0.6 is 0 Å². The zero-order valence-corrected chi connectivity index (χ0v) is 15.1. The fourth-order valence-electron chi connectivity index (χ4n) is 2.66. The van der Waals surface area contributed by atoms with Crippen molar-refractivity contribution in [1.29, 1.82) is 0 Å². The highest BCUT2D eigenvalue weighted by Gasteiger charge is 2.20. The summed E-state index contributed by atoms with van der Waals surface area (Å²) in [4.78, 5) is 15.3. The first-order valence-corrected chi connectivity index (χ1v) is 8.51. The van der Waals surface area contributed by atoms with Crippen LogP contribution in [0.5, 0.6) is 0 Å². The van der Waals surface area contributed by atoms with Crippen molar-refractivity contribution in [2.45, 2.75) is 19.4 Å². The van der Waals surface area contributed by atoms with E-state index in [4.69, 9.17) is 0 Å². The Morgan fingerprint density at radius 2 is 1.70 bits per heavy atom. The highest BCUT2D eigenvalue weighted by atomic mass is 16.6. The molecular formula is C22H19N3O2. The highest BCUT2D eigenvalue weighted by molar-refractivity contribution is 5.68. The van der Waals surface area contributed by atoms with Crippen molar-refractivity contribution < 1.29 is 4.92 Å². The Hall–Kier alpha value is -3.65. The second-order valence-corrected chi connectivity index (χ2v) is 6.54. The predicted molar refractivity (Wildman–Crippen MR) is 107 cm³/mol. The Labute approximate surface area is 158 Å². The first kappa shape index (κ1) is 18.2. The van der Waals surface area contributed by atoms with Crippen molar-refractivity contribution >= 4 is 11.4 Å². The summed E-state index contributed by atoms with van der Waals surface area (Å²) in [5.74, 6) is 6.35. The number of hydrogen-bond donors (Lipinski definition) is 1. The van der Waals surface area contributed by atoms with Crippen molar-refractivity contribution in [1.82, 2.24) is 4.98 Å². The lowest BCUT2D eigenvalue weighted by molar-refractivity contribution is -0.384. The van der Waals surface area contributed by atoms with Crippen molar-refractivity contribution in [3.8, 4) is 23.1 Å². The van der Waals surface area contributed by atoms with Gasteiger partial charge in [-0.15, -0.1) is 0 Å². The number of pyridine rings is 1. The number of nitro benzene ring substituents is 1. The number of nitro groups is 1. The summed E-state index contributed by atoms with van der Waals surface area (Å²) in [5.41, 5.74) is 2.41. The van der Waals surface area contributed by atoms with Gasteiger partial charge in [-0.3, -0.25) is 15.1 Å². The van der Waals surface area contributed by atoms with Crippen LogP contribution in [-0.2, 0) is 0 Å². The molecule has 0 amide bonds. The van der Waals surface area contributed by atoms with Crippen LogP contribution in [0.2, 0.25) is 0 Å². The minimum atomic E-state index is -0.671. The number of benzene rings is 2. The van der Waals surface area contributed by atoms with Crippen LogP contribution in [0.25, 0.3) is 11.3 Å². The Morgan fingerprint density at radius 1 is 1.00 bits per heavy atom. The molecule has 0 atom stereocenters. The number of rotatable bonds is 4. The van der Waals surface area contributed by atoms with Crippen LogP contribution in [0.15, 0.2) is 72.9 Å². The lowest BCUT2D eigenvalue weighted by Crippen LogP contribution is -2.29. The quantitative estimate of drug-likeness (QED) is 0.410. The number of para-hydroxylation sites is 2. The fraction of sp³-hybridized carbons (Fsp3) is 0.136. The second-order valence-electron chi connectivity index (χ2n) is 6.54. The van der Waals surface area contributed by atoms with E-state index in [0.29, 0.717) is 5.69 Å². The van der Waals surface area contributed by atoms with Gasteiger partial charge in [0.1, 0.15) is 5.69 Å². The van der Waals surface area contributed by atoms with Gasteiger partial charge in [-0.05, 0) is 32.0 Å². The van der Waals surface area contributed by atoms with E-state index in [9.17, 15) is 10.1 Å². The maximum Gasteiger partial charge on any atom is 0.292 e. The SMILES string of the molecule is CC(C)(C#Cc1cccnc1-c1ccccc1)Nc1ccccc1[N+](=O)[O-]. The molecule has 0 bridgehead atoms. The molecule has 1 N–H and O–H groups in total. The van der Waals surface area contributed by atoms with Gasteiger partial charge in [0.05, 0.1) is 21.7 Å². The number of anilines is 1. The maximum atomic E-state index is 11.2. The Bertz CT molecular complexity index is 1020. The van der Waals surface area contributed by atoms with Crippen LogP contribution in [0.4, 0.5) is 11.4 Å². The first-order chi connectivity index (χ1) is 13.0. The van der Waals surface area contributed by atoms with Gasteiger partial charge in [0, 0.05) is 17.8 Å². The van der Waals surface area contributed by atoms with Gasteiger partial charge < -0.3 is 5.32 Å². The average Bonchev–Trinajstić information content (AvgIpc) is 2.67. The summed E-state index contributed by atoms with van der Waals surface area (Å²) in [6.07, 6.45) is 1.74. The van der Waals surface area contributed by atoms with E-state index in [1.807, 2.05) is 56.3 Å². The molecule has 0 saturated carbocycles. The molecule has 1 aromatic heterocycles. The number of nitrogens with one attached hydrogen (secondary N) is 1. The summed E-state index contributed by atoms with van der Waals surface area (Å²) in [7, 11) is 0. The van der Waals surface area contributed by atoms with E-state index >= 15 is 0 Å². The molecule has 0 fully saturated rings. The van der Waals surface area contributed by atoms with Crippen LogP contribution in [-0.4, -0.2) is 15.4 Å². The Balaban J connectivity index is 1.91. The highest BCUT2D eigenvalue weighted by Crippen LogP contribution is 2.26. The molecule has 3 aromatic rings. The van der Waals surface area contributed by atoms with Gasteiger partial charge in [0.2, 0.25) is 0 Å². The van der Waals surface area contributed by atoms with Crippen molar-refractivity contribution in [3.05, 3.63) is 88.6 Å². The van der Waals surface area contributed by atoms with Crippen molar-refractivity contribution in [2.24, 2.45) is 0 Å². The molecule has 5 heteroatoms. The first-order valence-electron chi connectivity index (χ1n) is 8.51. The Kier molecular flexibility index (Phi) is 5.18. The van der Waals surface area contributed by atoms with E-state index in [1.165, 1.54) is 6.07 Å². The predicted octanol–water partition coefficient (Wildman–Crippen LogP) is 4.90. The molecule has 3 rings (SSSR count). The molecule has 0 radical (unpaired) electrons. The smallest absolute Gasteiger partial charge is 0.292 e. The fourth-order valence-corrected chi connectivity index (χ4v) is 2.66. The zero-order valence-electron chi connectivity index (χ0n) is 15.1. The molecule has 0 aliphatic rings. The zero-order chi connectivity index (χ0) is 19.3. The van der Waals surface area contributed by atoms with Crippen LogP contribution in [0, 0.1) is 22.0 Å². The molecule has 0 saturated heterocycles. The van der Waals surface area contributed by atoms with Gasteiger partial charge in [-0.1, -0.05) is 54.3 Å². The summed E-state index contributed by atoms with van der Waals surface area (Å²) >= 11 is 0. The summed E-state index contributed by atoms with van der Waals surface area (Å²) in [6.45, 7) is 3.77. The molecule has 2 aromatic carbocycles. The third-order valence-corrected chi connectivity index (χ3v) is 3.91. The largest absolute Gasteiger partial charge is 0.364 e. The van der Waals surface area contributed by atoms with Crippen molar-refractivity contribution in [3.63, 3.8) is 0 Å². The third-order valence-electron chi connectivity index (χ3n) is 3.91. The van der Waals surface area contributed by atoms with E-state index in [-0.39, 0.29) is 5.69 Å². The minimum Gasteiger partial charge on any atom is -0.364 e. The molecule has 0 aliphatic carbocycles. The van der Waals surface area contributed by atoms with Gasteiger partial charge in [-0.2, -0.15) is 0 Å². The van der Waals surface area contributed by atoms with Crippen LogP contribution in [0.3, 0.4) is 0 Å². The molecule has 134 valence electrons. The van der Waals surface area contributed by atoms with E-state index in [1.54, 1.807) is 24.4 Å². The normalized spacial score (nSPS) is 10.6. The summed E-state index contributed by atoms with van der Waals surface area (Å²) in [5, 5.41) is 14.4. The third kappa shape index (κ3) is 4.50. The molecule has 1 heterocycles. The Morgan fingerprint density at radius 3 is 2.44 bits per heavy atom. The number of hydrogen-bond acceptors (Lipinski definition) is 4. The van der Waals surface area contributed by atoms with Gasteiger partial charge in [0.25, 0.3) is 5.69 Å². The molecule has 5 nitrogen and oxygen atoms in total. The molecule has 0 spiro atoms. The second kappa shape index (κ2) is 7.71. The van der Waals surface area contributed by atoms with Crippen molar-refractivity contribution in [2.75, 3.05) is 5.32 Å². The lowest BCUT2D eigenvalue weighted by Gasteiger charge is -2.21. The lowest BCUT2D eigenvalue weighted by atomic mass is 10.0. The van der Waals surface area contributed by atoms with E-state index in [0.717, 1.165) is 16.8 Å². The molecule has 0 unspecified atom stereocenters. The van der Waals surface area contributed by atoms with Gasteiger partial charge >= 0.3 is 0 Å². The maximum absolute atomic E-state index is 11.2. The summed E-state index contributed by atoms with van der Waals surface area (Å²) < 4.78 is 0. The van der Waals surface area contributed by atoms with Gasteiger partial charge in [-0.25, -0.2) is 0 Å². The van der Waals surface area contributed by atoms with Crippen LogP contribution < -0.4 is 5.32 Å². The molecule has 0 aliphatic heterocycles.